The molecule has 2 fully saturated rings. The van der Waals surface area contributed by atoms with Crippen LogP contribution in [0.3, 0.4) is 0 Å². The van der Waals surface area contributed by atoms with E-state index in [0.717, 1.165) is 32.4 Å². The first-order chi connectivity index (χ1) is 13.5. The van der Waals surface area contributed by atoms with Gasteiger partial charge in [0.05, 0.1) is 10.9 Å². The van der Waals surface area contributed by atoms with Crippen LogP contribution in [0.2, 0.25) is 0 Å². The lowest BCUT2D eigenvalue weighted by Crippen LogP contribution is -2.45. The number of rotatable bonds is 2. The molecule has 148 valence electrons. The highest BCUT2D eigenvalue weighted by molar-refractivity contribution is 8.18. The highest BCUT2D eigenvalue weighted by Gasteiger charge is 2.32. The molecule has 2 N–H and O–H groups in total. The number of likely N-dealkylation sites (tertiary alicyclic amines) is 1. The molecule has 0 aromatic heterocycles. The number of amidine groups is 1. The summed E-state index contributed by atoms with van der Waals surface area (Å²) in [6.07, 6.45) is 4.18. The van der Waals surface area contributed by atoms with Gasteiger partial charge in [-0.2, -0.15) is 4.99 Å². The second-order valence-electron chi connectivity index (χ2n) is 6.98. The standard InChI is InChI=1S/C19H21FN4O3S/c20-13-5-6-14(15-4-3-8-23(15)19(26)27)12(10-13)11-16-17(25)22-18(28-16)24-9-2-1-7-21-24/h5-6,10-11,15,21H,1-4,7-9H2,(H,26,27)/b16-11+. The fraction of sp³-hybridized carbons (Fsp3) is 0.421. The molecule has 3 aliphatic rings. The Labute approximate surface area is 166 Å². The van der Waals surface area contributed by atoms with Crippen molar-refractivity contribution in [1.82, 2.24) is 15.3 Å². The average Bonchev–Trinajstić information content (AvgIpc) is 3.30. The molecule has 1 unspecified atom stereocenters. The number of amides is 2. The molecule has 3 aliphatic heterocycles. The molecule has 28 heavy (non-hydrogen) atoms. The lowest BCUT2D eigenvalue weighted by molar-refractivity contribution is -0.113. The summed E-state index contributed by atoms with van der Waals surface area (Å²) in [6.45, 7) is 2.08. The van der Waals surface area contributed by atoms with Gasteiger partial charge in [-0.15, -0.1) is 0 Å². The number of nitrogens with zero attached hydrogens (tertiary/aromatic N) is 3. The molecule has 4 rings (SSSR count). The summed E-state index contributed by atoms with van der Waals surface area (Å²) < 4.78 is 13.9. The molecule has 1 atom stereocenters. The Bertz CT molecular complexity index is 867. The van der Waals surface area contributed by atoms with Crippen LogP contribution in [-0.4, -0.2) is 51.8 Å². The van der Waals surface area contributed by atoms with Crippen LogP contribution in [0.15, 0.2) is 28.1 Å². The second-order valence-corrected chi connectivity index (χ2v) is 7.99. The molecule has 1 aromatic carbocycles. The fourth-order valence-corrected chi connectivity index (χ4v) is 4.71. The third-order valence-electron chi connectivity index (χ3n) is 5.14. The minimum absolute atomic E-state index is 0.337. The number of aliphatic imine (C=N–C) groups is 1. The Balaban J connectivity index is 1.62. The fourth-order valence-electron chi connectivity index (χ4n) is 3.80. The predicted octanol–water partition coefficient (Wildman–Crippen LogP) is 3.21. The minimum Gasteiger partial charge on any atom is -0.465 e. The monoisotopic (exact) mass is 404 g/mol. The molecule has 3 heterocycles. The molecule has 0 aliphatic carbocycles. The number of carboxylic acid groups (broad SMARTS) is 1. The molecule has 0 saturated carbocycles. The first-order valence-corrected chi connectivity index (χ1v) is 10.2. The number of thioether (sulfide) groups is 1. The summed E-state index contributed by atoms with van der Waals surface area (Å²) in [5, 5.41) is 11.9. The van der Waals surface area contributed by atoms with Gasteiger partial charge in [0.15, 0.2) is 5.17 Å². The summed E-state index contributed by atoms with van der Waals surface area (Å²) in [4.78, 5) is 29.8. The molecule has 2 amide bonds. The van der Waals surface area contributed by atoms with Gasteiger partial charge < -0.3 is 10.0 Å². The number of carbonyl (C=O) groups is 2. The zero-order valence-corrected chi connectivity index (χ0v) is 16.0. The largest absolute Gasteiger partial charge is 0.465 e. The number of hydrogen-bond acceptors (Lipinski definition) is 5. The van der Waals surface area contributed by atoms with Crippen LogP contribution in [0.4, 0.5) is 9.18 Å². The van der Waals surface area contributed by atoms with Gasteiger partial charge >= 0.3 is 6.09 Å². The molecule has 2 saturated heterocycles. The van der Waals surface area contributed by atoms with E-state index in [1.807, 2.05) is 5.01 Å². The minimum atomic E-state index is -0.987. The Hall–Kier alpha value is -2.39. The van der Waals surface area contributed by atoms with Crippen molar-refractivity contribution in [2.24, 2.45) is 4.99 Å². The van der Waals surface area contributed by atoms with Crippen molar-refractivity contribution in [2.75, 3.05) is 19.6 Å². The van der Waals surface area contributed by atoms with Crippen molar-refractivity contribution in [3.63, 3.8) is 0 Å². The Morgan fingerprint density at radius 3 is 2.93 bits per heavy atom. The van der Waals surface area contributed by atoms with E-state index in [4.69, 9.17) is 0 Å². The summed E-state index contributed by atoms with van der Waals surface area (Å²) in [6, 6.07) is 3.96. The van der Waals surface area contributed by atoms with E-state index in [-0.39, 0.29) is 11.9 Å². The SMILES string of the molecule is O=C1N=C(N2CCCCN2)S/C1=C/c1cc(F)ccc1C1CCCN1C(=O)O. The molecule has 0 bridgehead atoms. The van der Waals surface area contributed by atoms with Crippen LogP contribution in [0.25, 0.3) is 6.08 Å². The van der Waals surface area contributed by atoms with E-state index in [0.29, 0.717) is 34.2 Å². The van der Waals surface area contributed by atoms with Gasteiger partial charge in [-0.25, -0.2) is 14.6 Å². The van der Waals surface area contributed by atoms with Gasteiger partial charge in [0, 0.05) is 19.6 Å². The first kappa shape index (κ1) is 18.9. The van der Waals surface area contributed by atoms with Gasteiger partial charge in [-0.3, -0.25) is 9.80 Å². The number of carbonyl (C=O) groups excluding carboxylic acids is 1. The normalized spacial score (nSPS) is 24.2. The molecule has 9 heteroatoms. The van der Waals surface area contributed by atoms with Crippen LogP contribution >= 0.6 is 11.8 Å². The number of benzene rings is 1. The second kappa shape index (κ2) is 7.92. The predicted molar refractivity (Wildman–Crippen MR) is 105 cm³/mol. The van der Waals surface area contributed by atoms with Crippen LogP contribution in [0, 0.1) is 5.82 Å². The lowest BCUT2D eigenvalue weighted by Gasteiger charge is -2.28. The van der Waals surface area contributed by atoms with Gasteiger partial charge in [-0.05, 0) is 66.8 Å². The van der Waals surface area contributed by atoms with Crippen molar-refractivity contribution in [2.45, 2.75) is 31.7 Å². The zero-order chi connectivity index (χ0) is 19.7. The molecular formula is C19H21FN4O3S. The average molecular weight is 404 g/mol. The summed E-state index contributed by atoms with van der Waals surface area (Å²) in [5.41, 5.74) is 4.46. The summed E-state index contributed by atoms with van der Waals surface area (Å²) >= 11 is 1.26. The maximum absolute atomic E-state index is 13.9. The highest BCUT2D eigenvalue weighted by atomic mass is 32.2. The maximum atomic E-state index is 13.9. The summed E-state index contributed by atoms with van der Waals surface area (Å²) in [5.74, 6) is -0.783. The first-order valence-electron chi connectivity index (χ1n) is 9.35. The quantitative estimate of drug-likeness (QED) is 0.737. The molecule has 0 radical (unpaired) electrons. The molecule has 7 nitrogen and oxygen atoms in total. The third-order valence-corrected chi connectivity index (χ3v) is 6.15. The van der Waals surface area contributed by atoms with E-state index >= 15 is 0 Å². The Morgan fingerprint density at radius 1 is 1.32 bits per heavy atom. The van der Waals surface area contributed by atoms with E-state index in [1.54, 1.807) is 12.1 Å². The van der Waals surface area contributed by atoms with Gasteiger partial charge in [-0.1, -0.05) is 6.07 Å². The molecule has 0 spiro atoms. The van der Waals surface area contributed by atoms with Crippen LogP contribution in [-0.2, 0) is 4.79 Å². The van der Waals surface area contributed by atoms with E-state index in [9.17, 15) is 19.1 Å². The van der Waals surface area contributed by atoms with E-state index in [1.165, 1.54) is 28.8 Å². The third kappa shape index (κ3) is 3.77. The van der Waals surface area contributed by atoms with Gasteiger partial charge in [0.25, 0.3) is 5.91 Å². The Kier molecular flexibility index (Phi) is 5.36. The highest BCUT2D eigenvalue weighted by Crippen LogP contribution is 2.37. The lowest BCUT2D eigenvalue weighted by atomic mass is 9.98. The van der Waals surface area contributed by atoms with E-state index < -0.39 is 11.9 Å². The van der Waals surface area contributed by atoms with Gasteiger partial charge in [0.1, 0.15) is 5.82 Å². The van der Waals surface area contributed by atoms with E-state index in [2.05, 4.69) is 10.4 Å². The maximum Gasteiger partial charge on any atom is 0.407 e. The van der Waals surface area contributed by atoms with Crippen molar-refractivity contribution >= 4 is 35.0 Å². The van der Waals surface area contributed by atoms with Crippen molar-refractivity contribution in [3.8, 4) is 0 Å². The van der Waals surface area contributed by atoms with Crippen LogP contribution in [0.1, 0.15) is 42.9 Å². The number of nitrogens with one attached hydrogen (secondary N) is 1. The summed E-state index contributed by atoms with van der Waals surface area (Å²) in [7, 11) is 0. The number of halogens is 1. The number of hydrazine groups is 1. The van der Waals surface area contributed by atoms with Crippen molar-refractivity contribution in [1.29, 1.82) is 0 Å². The van der Waals surface area contributed by atoms with Crippen LogP contribution in [0.5, 0.6) is 0 Å². The zero-order valence-electron chi connectivity index (χ0n) is 15.2. The molecule has 1 aromatic rings. The topological polar surface area (TPSA) is 85.2 Å². The Morgan fingerprint density at radius 2 is 2.18 bits per heavy atom. The van der Waals surface area contributed by atoms with Crippen LogP contribution < -0.4 is 5.43 Å². The molecular weight excluding hydrogens is 383 g/mol. The van der Waals surface area contributed by atoms with Gasteiger partial charge in [0.2, 0.25) is 0 Å². The van der Waals surface area contributed by atoms with Crippen molar-refractivity contribution in [3.05, 3.63) is 40.0 Å². The van der Waals surface area contributed by atoms with Crippen molar-refractivity contribution < 1.29 is 19.1 Å². The smallest absolute Gasteiger partial charge is 0.407 e. The number of hydrogen-bond donors (Lipinski definition) is 2.